The Labute approximate surface area is 441 Å². The van der Waals surface area contributed by atoms with Crippen LogP contribution in [0.5, 0.6) is 5.75 Å². The van der Waals surface area contributed by atoms with E-state index in [2.05, 4.69) is 20.6 Å². The fourth-order valence-electron chi connectivity index (χ4n) is 8.70. The molecule has 0 spiro atoms. The highest BCUT2D eigenvalue weighted by Crippen LogP contribution is 2.42. The molecule has 3 aromatic carbocycles. The first-order chi connectivity index (χ1) is 35.7. The molecule has 3 N–H and O–H groups in total. The van der Waals surface area contributed by atoms with E-state index in [1.165, 1.54) is 42.2 Å². The molecular weight excluding hydrogens is 1050 g/mol. The molecule has 4 amide bonds. The number of carbonyl (C=O) groups is 4. The predicted octanol–water partition coefficient (Wildman–Crippen LogP) is 8.34. The molecule has 5 aromatic rings. The summed E-state index contributed by atoms with van der Waals surface area (Å²) in [6, 6.07) is 12.4. The molecule has 0 aliphatic carbocycles. The summed E-state index contributed by atoms with van der Waals surface area (Å²) in [5, 5.41) is 24.7. The third-order valence-electron chi connectivity index (χ3n) is 12.7. The van der Waals surface area contributed by atoms with Gasteiger partial charge in [-0.1, -0.05) is 45.0 Å². The lowest BCUT2D eigenvalue weighted by atomic mass is 9.85. The molecule has 2 aliphatic heterocycles. The Morgan fingerprint density at radius 3 is 2.33 bits per heavy atom. The fraction of sp³-hybridized carbons (Fsp3) is 0.385. The van der Waals surface area contributed by atoms with Gasteiger partial charge in [0.1, 0.15) is 48.3 Å². The van der Waals surface area contributed by atoms with E-state index in [0.29, 0.717) is 11.0 Å². The van der Waals surface area contributed by atoms with Crippen molar-refractivity contribution < 1.29 is 64.5 Å². The number of hydrogen-bond donors (Lipinski definition) is 3. The standard InChI is InChI=1S/C52H51F7N8O7S2/c1-27-44(76-26-63-27)29-9-7-28(8-10-29)21-62-46(70)38-19-34(68)23-65(38)47(71)45(50(2,3)4)64-40(69)25-73-16-15-32(53)24-74-39-14-12-30(17-35(39)54)43-36(55)18-33(22-61-43)67-49(75)66(48(72)51(67,5)6)37-13-11-31(20-60)41(42(37)56)52(57,58)59/h7-14,17-18,22,26,32,34,38,45,68H,15-16,19,21,23-25H2,1-6H3,(H,62,70)(H,64,69)/t32?,34-,38+,45-/m1/s1. The molecule has 76 heavy (non-hydrogen) atoms. The number of carbonyl (C=O) groups excluding carboxylic acids is 4. The van der Waals surface area contributed by atoms with Gasteiger partial charge < -0.3 is 35.0 Å². The van der Waals surface area contributed by atoms with Crippen LogP contribution in [0.2, 0.25) is 0 Å². The van der Waals surface area contributed by atoms with Crippen LogP contribution in [0.25, 0.3) is 21.7 Å². The smallest absolute Gasteiger partial charge is 0.420 e. The number of pyridine rings is 1. The highest BCUT2D eigenvalue weighted by atomic mass is 32.1. The number of amides is 4. The minimum absolute atomic E-state index is 0.00413. The zero-order valence-corrected chi connectivity index (χ0v) is 43.4. The van der Waals surface area contributed by atoms with E-state index in [1.54, 1.807) is 26.3 Å². The third-order valence-corrected chi connectivity index (χ3v) is 14.0. The van der Waals surface area contributed by atoms with E-state index in [0.717, 1.165) is 57.1 Å². The van der Waals surface area contributed by atoms with Crippen LogP contribution in [0, 0.1) is 41.1 Å². The molecule has 7 rings (SSSR count). The second-order valence-electron chi connectivity index (χ2n) is 19.6. The van der Waals surface area contributed by atoms with E-state index in [4.69, 9.17) is 27.0 Å². The lowest BCUT2D eigenvalue weighted by Crippen LogP contribution is -2.58. The van der Waals surface area contributed by atoms with Gasteiger partial charge in [-0.25, -0.2) is 22.5 Å². The monoisotopic (exact) mass is 1100 g/mol. The summed E-state index contributed by atoms with van der Waals surface area (Å²) < 4.78 is 114. The number of ether oxygens (including phenoxy) is 2. The number of nitriles is 1. The SMILES string of the molecule is Cc1ncsc1-c1ccc(CNC(=O)[C@@H]2C[C@@H](O)CN2C(=O)[C@@H](NC(=O)COCCC(F)COc2ccc(-c3ncc(N4C(=S)N(c5ccc(C#N)c(C(F)(F)F)c5F)C(=O)C4(C)C)cc3F)cc2F)C(C)(C)C)cc1. The number of aliphatic hydroxyl groups is 1. The summed E-state index contributed by atoms with van der Waals surface area (Å²) >= 11 is 6.93. The van der Waals surface area contributed by atoms with Gasteiger partial charge in [-0.3, -0.25) is 29.1 Å². The molecule has 0 radical (unpaired) electrons. The van der Waals surface area contributed by atoms with Gasteiger partial charge in [0.2, 0.25) is 17.7 Å². The van der Waals surface area contributed by atoms with Crippen LogP contribution in [0.4, 0.5) is 42.1 Å². The van der Waals surface area contributed by atoms with Gasteiger partial charge in [-0.15, -0.1) is 11.3 Å². The average molecular weight is 1100 g/mol. The first-order valence-electron chi connectivity index (χ1n) is 23.6. The number of thiazole rings is 1. The molecule has 24 heteroatoms. The number of aromatic nitrogens is 2. The van der Waals surface area contributed by atoms with E-state index in [-0.39, 0.29) is 49.5 Å². The predicted molar refractivity (Wildman–Crippen MR) is 270 cm³/mol. The second kappa shape index (κ2) is 22.6. The molecule has 2 aliphatic rings. The molecule has 1 unspecified atom stereocenters. The van der Waals surface area contributed by atoms with Crippen molar-refractivity contribution in [2.45, 2.75) is 97.0 Å². The molecule has 2 saturated heterocycles. The largest absolute Gasteiger partial charge is 0.487 e. The van der Waals surface area contributed by atoms with Gasteiger partial charge in [0.05, 0.1) is 58.0 Å². The summed E-state index contributed by atoms with van der Waals surface area (Å²) in [5.74, 6) is -7.10. The molecule has 0 bridgehead atoms. The number of alkyl halides is 4. The zero-order valence-electron chi connectivity index (χ0n) is 41.7. The van der Waals surface area contributed by atoms with Crippen LogP contribution in [0.15, 0.2) is 72.4 Å². The van der Waals surface area contributed by atoms with Gasteiger partial charge in [-0.2, -0.15) is 18.4 Å². The molecule has 2 aromatic heterocycles. The van der Waals surface area contributed by atoms with Crippen LogP contribution >= 0.6 is 23.6 Å². The minimum Gasteiger partial charge on any atom is -0.487 e. The summed E-state index contributed by atoms with van der Waals surface area (Å²) in [4.78, 5) is 66.3. The number of benzene rings is 3. The van der Waals surface area contributed by atoms with Crippen LogP contribution in [-0.2, 0) is 36.6 Å². The number of hydrogen-bond acceptors (Lipinski definition) is 12. The quantitative estimate of drug-likeness (QED) is 0.0459. The normalized spacial score (nSPS) is 17.4. The van der Waals surface area contributed by atoms with Gasteiger partial charge in [-0.05, 0) is 79.9 Å². The second-order valence-corrected chi connectivity index (χ2v) is 20.8. The average Bonchev–Trinajstić information content (AvgIpc) is 4.03. The number of β-amino-alcohol motifs (C(OH)–C–C–N with tert-alkyl or cyclic N) is 1. The van der Waals surface area contributed by atoms with Crippen LogP contribution in [-0.4, -0.2) is 105 Å². The Hall–Kier alpha value is -7.07. The third kappa shape index (κ3) is 12.1. The number of aryl methyl sites for hydroxylation is 1. The highest BCUT2D eigenvalue weighted by Gasteiger charge is 2.52. The van der Waals surface area contributed by atoms with E-state index in [1.807, 2.05) is 31.2 Å². The molecule has 2 fully saturated rings. The van der Waals surface area contributed by atoms with Gasteiger partial charge >= 0.3 is 6.18 Å². The molecule has 4 atom stereocenters. The van der Waals surface area contributed by atoms with Gasteiger partial charge in [0.15, 0.2) is 28.3 Å². The number of nitrogens with one attached hydrogen (secondary N) is 2. The van der Waals surface area contributed by atoms with Crippen LogP contribution in [0.3, 0.4) is 0 Å². The van der Waals surface area contributed by atoms with Crippen molar-refractivity contribution in [1.82, 2.24) is 25.5 Å². The maximum Gasteiger partial charge on any atom is 0.420 e. The van der Waals surface area contributed by atoms with E-state index in [9.17, 15) is 41.8 Å². The van der Waals surface area contributed by atoms with Crippen LogP contribution < -0.4 is 25.2 Å². The van der Waals surface area contributed by atoms with E-state index >= 15 is 13.2 Å². The lowest BCUT2D eigenvalue weighted by Gasteiger charge is -2.35. The Balaban J connectivity index is 0.889. The Morgan fingerprint density at radius 2 is 1.71 bits per heavy atom. The van der Waals surface area contributed by atoms with Crippen LogP contribution in [0.1, 0.15) is 69.8 Å². The maximum absolute atomic E-state index is 15.8. The number of thiocarbonyl (C=S) groups is 1. The molecule has 0 saturated carbocycles. The van der Waals surface area contributed by atoms with Crippen molar-refractivity contribution in [3.63, 3.8) is 0 Å². The zero-order chi connectivity index (χ0) is 55.6. The number of anilines is 2. The summed E-state index contributed by atoms with van der Waals surface area (Å²) in [6.07, 6.45) is -7.21. The van der Waals surface area contributed by atoms with Gasteiger partial charge in [0, 0.05) is 37.6 Å². The maximum atomic E-state index is 15.8. The van der Waals surface area contributed by atoms with E-state index < -0.39 is 123 Å². The van der Waals surface area contributed by atoms with Crippen molar-refractivity contribution in [2.75, 3.05) is 36.2 Å². The topological polar surface area (TPSA) is 190 Å². The first kappa shape index (κ1) is 56.7. The van der Waals surface area contributed by atoms with Crippen molar-refractivity contribution in [3.8, 4) is 33.5 Å². The minimum atomic E-state index is -5.30. The lowest BCUT2D eigenvalue weighted by molar-refractivity contribution is -0.144. The Morgan fingerprint density at radius 1 is 1.01 bits per heavy atom. The van der Waals surface area contributed by atoms with Crippen molar-refractivity contribution in [3.05, 3.63) is 112 Å². The molecule has 402 valence electrons. The highest BCUT2D eigenvalue weighted by molar-refractivity contribution is 7.81. The van der Waals surface area contributed by atoms with Crippen molar-refractivity contribution in [2.24, 2.45) is 5.41 Å². The van der Waals surface area contributed by atoms with Crippen molar-refractivity contribution in [1.29, 1.82) is 5.26 Å². The summed E-state index contributed by atoms with van der Waals surface area (Å²) in [7, 11) is 0. The molecule has 4 heterocycles. The number of nitrogens with zero attached hydrogens (tertiary/aromatic N) is 6. The number of likely N-dealkylation sites (tertiary alicyclic amines) is 1. The number of aliphatic hydroxyl groups excluding tert-OH is 1. The first-order valence-corrected chi connectivity index (χ1v) is 24.8. The van der Waals surface area contributed by atoms with Gasteiger partial charge in [0.25, 0.3) is 5.91 Å². The fourth-order valence-corrected chi connectivity index (χ4v) is 10.0. The molecular formula is C52H51F7N8O7S2. The van der Waals surface area contributed by atoms with Crippen molar-refractivity contribution >= 4 is 63.7 Å². The molecule has 15 nitrogen and oxygen atoms in total. The Kier molecular flexibility index (Phi) is 16.9. The summed E-state index contributed by atoms with van der Waals surface area (Å²) in [5.41, 5.74) is -2.49. The number of halogens is 7. The Bertz CT molecular complexity index is 3090. The number of rotatable bonds is 17. The summed E-state index contributed by atoms with van der Waals surface area (Å²) in [6.45, 7) is 8.26.